The molecule has 1 aliphatic carbocycles. The number of aliphatic carboxylic acids is 1. The van der Waals surface area contributed by atoms with E-state index in [0.717, 1.165) is 49.0 Å². The first-order valence-electron chi connectivity index (χ1n) is 8.40. The zero-order chi connectivity index (χ0) is 16.8. The number of carbonyl (C=O) groups excluding carboxylic acids is 1. The van der Waals surface area contributed by atoms with Crippen molar-refractivity contribution in [3.05, 3.63) is 23.8 Å². The van der Waals surface area contributed by atoms with E-state index < -0.39 is 5.97 Å². The molecule has 1 fully saturated rings. The average Bonchev–Trinajstić information content (AvgIpc) is 2.52. The summed E-state index contributed by atoms with van der Waals surface area (Å²) in [6, 6.07) is 6.15. The van der Waals surface area contributed by atoms with Gasteiger partial charge in [0.05, 0.1) is 5.92 Å². The molecule has 1 saturated carbocycles. The molecule has 23 heavy (non-hydrogen) atoms. The van der Waals surface area contributed by atoms with Gasteiger partial charge in [-0.3, -0.25) is 9.59 Å². The summed E-state index contributed by atoms with van der Waals surface area (Å²) in [6.45, 7) is 3.98. The SMILES string of the molecule is CCCC(=O)Nc1cccc(NC2CCC(C(=O)O)CC2)c1C. The zero-order valence-corrected chi connectivity index (χ0v) is 13.9. The molecule has 0 spiro atoms. The third kappa shape index (κ3) is 4.71. The molecule has 126 valence electrons. The maximum absolute atomic E-state index is 11.8. The van der Waals surface area contributed by atoms with Crippen LogP contribution < -0.4 is 10.6 Å². The van der Waals surface area contributed by atoms with Gasteiger partial charge in [0.2, 0.25) is 5.91 Å². The second kappa shape index (κ2) is 7.99. The molecule has 0 saturated heterocycles. The molecule has 1 aliphatic rings. The van der Waals surface area contributed by atoms with E-state index in [-0.39, 0.29) is 11.8 Å². The smallest absolute Gasteiger partial charge is 0.306 e. The number of nitrogens with one attached hydrogen (secondary N) is 2. The normalized spacial score (nSPS) is 20.8. The molecular weight excluding hydrogens is 292 g/mol. The summed E-state index contributed by atoms with van der Waals surface area (Å²) in [6.07, 6.45) is 4.52. The lowest BCUT2D eigenvalue weighted by Gasteiger charge is -2.28. The quantitative estimate of drug-likeness (QED) is 0.745. The van der Waals surface area contributed by atoms with Gasteiger partial charge in [-0.25, -0.2) is 0 Å². The average molecular weight is 318 g/mol. The summed E-state index contributed by atoms with van der Waals surface area (Å²) < 4.78 is 0. The summed E-state index contributed by atoms with van der Waals surface area (Å²) >= 11 is 0. The predicted molar refractivity (Wildman–Crippen MR) is 91.7 cm³/mol. The molecule has 5 nitrogen and oxygen atoms in total. The summed E-state index contributed by atoms with van der Waals surface area (Å²) in [4.78, 5) is 22.8. The molecule has 0 heterocycles. The van der Waals surface area contributed by atoms with Gasteiger partial charge in [-0.05, 0) is 56.7 Å². The highest BCUT2D eigenvalue weighted by atomic mass is 16.4. The van der Waals surface area contributed by atoms with Crippen molar-refractivity contribution in [3.63, 3.8) is 0 Å². The number of carboxylic acid groups (broad SMARTS) is 1. The van der Waals surface area contributed by atoms with E-state index in [4.69, 9.17) is 5.11 Å². The van der Waals surface area contributed by atoms with Crippen LogP contribution in [0, 0.1) is 12.8 Å². The lowest BCUT2D eigenvalue weighted by atomic mass is 9.86. The Morgan fingerprint density at radius 1 is 1.17 bits per heavy atom. The number of hydrogen-bond acceptors (Lipinski definition) is 3. The molecule has 2 rings (SSSR count). The van der Waals surface area contributed by atoms with Crippen LogP contribution in [0.5, 0.6) is 0 Å². The van der Waals surface area contributed by atoms with Gasteiger partial charge in [0.15, 0.2) is 0 Å². The predicted octanol–water partition coefficient (Wildman–Crippen LogP) is 3.79. The fourth-order valence-electron chi connectivity index (χ4n) is 3.07. The summed E-state index contributed by atoms with van der Waals surface area (Å²) in [5, 5.41) is 15.5. The first-order valence-corrected chi connectivity index (χ1v) is 8.40. The van der Waals surface area contributed by atoms with Crippen molar-refractivity contribution in [2.45, 2.75) is 58.4 Å². The van der Waals surface area contributed by atoms with Crippen LogP contribution in [0.2, 0.25) is 0 Å². The Balaban J connectivity index is 1.98. The minimum absolute atomic E-state index is 0.0368. The highest BCUT2D eigenvalue weighted by Gasteiger charge is 2.26. The van der Waals surface area contributed by atoms with Gasteiger partial charge in [0, 0.05) is 23.8 Å². The minimum atomic E-state index is -0.680. The van der Waals surface area contributed by atoms with Gasteiger partial charge in [-0.15, -0.1) is 0 Å². The second-order valence-corrected chi connectivity index (χ2v) is 6.31. The number of hydrogen-bond donors (Lipinski definition) is 3. The minimum Gasteiger partial charge on any atom is -0.481 e. The Bertz CT molecular complexity index is 563. The molecule has 3 N–H and O–H groups in total. The lowest BCUT2D eigenvalue weighted by Crippen LogP contribution is -2.29. The van der Waals surface area contributed by atoms with Crippen LogP contribution >= 0.6 is 0 Å². The van der Waals surface area contributed by atoms with Crippen molar-refractivity contribution in [3.8, 4) is 0 Å². The molecule has 1 amide bonds. The van der Waals surface area contributed by atoms with Crippen LogP contribution in [-0.4, -0.2) is 23.0 Å². The van der Waals surface area contributed by atoms with Gasteiger partial charge in [-0.2, -0.15) is 0 Å². The van der Waals surface area contributed by atoms with Crippen molar-refractivity contribution >= 4 is 23.3 Å². The molecule has 5 heteroatoms. The van der Waals surface area contributed by atoms with E-state index in [1.54, 1.807) is 0 Å². The highest BCUT2D eigenvalue weighted by molar-refractivity contribution is 5.92. The molecule has 1 aromatic rings. The van der Waals surface area contributed by atoms with Crippen molar-refractivity contribution in [2.24, 2.45) is 5.92 Å². The van der Waals surface area contributed by atoms with Crippen molar-refractivity contribution in [2.75, 3.05) is 10.6 Å². The van der Waals surface area contributed by atoms with Crippen LogP contribution in [0.1, 0.15) is 51.0 Å². The van der Waals surface area contributed by atoms with Crippen LogP contribution in [0.3, 0.4) is 0 Å². The summed E-state index contributed by atoms with van der Waals surface area (Å²) in [5.74, 6) is -0.844. The molecule has 0 bridgehead atoms. The Hall–Kier alpha value is -2.04. The Morgan fingerprint density at radius 2 is 1.83 bits per heavy atom. The lowest BCUT2D eigenvalue weighted by molar-refractivity contribution is -0.142. The Kier molecular flexibility index (Phi) is 6.02. The topological polar surface area (TPSA) is 78.4 Å². The van der Waals surface area contributed by atoms with E-state index in [2.05, 4.69) is 10.6 Å². The van der Waals surface area contributed by atoms with Gasteiger partial charge in [0.25, 0.3) is 0 Å². The molecule has 0 atom stereocenters. The molecule has 0 radical (unpaired) electrons. The number of benzene rings is 1. The Labute approximate surface area is 137 Å². The molecule has 0 aromatic heterocycles. The third-order valence-electron chi connectivity index (χ3n) is 4.52. The fourth-order valence-corrected chi connectivity index (χ4v) is 3.07. The van der Waals surface area contributed by atoms with Crippen LogP contribution in [-0.2, 0) is 9.59 Å². The maximum Gasteiger partial charge on any atom is 0.306 e. The second-order valence-electron chi connectivity index (χ2n) is 6.31. The van der Waals surface area contributed by atoms with E-state index in [1.807, 2.05) is 32.0 Å². The first-order chi connectivity index (χ1) is 11.0. The number of amides is 1. The fraction of sp³-hybridized carbons (Fsp3) is 0.556. The largest absolute Gasteiger partial charge is 0.481 e. The number of rotatable bonds is 6. The maximum atomic E-state index is 11.8. The van der Waals surface area contributed by atoms with E-state index in [9.17, 15) is 9.59 Å². The standard InChI is InChI=1S/C18H26N2O3/c1-3-5-17(21)20-16-7-4-6-15(12(16)2)19-14-10-8-13(9-11-14)18(22)23/h4,6-7,13-14,19H,3,5,8-11H2,1-2H3,(H,20,21)(H,22,23). The first kappa shape index (κ1) is 17.3. The summed E-state index contributed by atoms with van der Waals surface area (Å²) in [5.41, 5.74) is 2.88. The van der Waals surface area contributed by atoms with Crippen LogP contribution in [0.15, 0.2) is 18.2 Å². The van der Waals surface area contributed by atoms with E-state index in [0.29, 0.717) is 12.5 Å². The summed E-state index contributed by atoms with van der Waals surface area (Å²) in [7, 11) is 0. The number of carboxylic acids is 1. The highest BCUT2D eigenvalue weighted by Crippen LogP contribution is 2.29. The molecular formula is C18H26N2O3. The Morgan fingerprint density at radius 3 is 2.43 bits per heavy atom. The molecule has 1 aromatic carbocycles. The van der Waals surface area contributed by atoms with Crippen LogP contribution in [0.4, 0.5) is 11.4 Å². The van der Waals surface area contributed by atoms with Crippen molar-refractivity contribution in [1.29, 1.82) is 0 Å². The molecule has 0 aliphatic heterocycles. The van der Waals surface area contributed by atoms with Gasteiger partial charge >= 0.3 is 5.97 Å². The van der Waals surface area contributed by atoms with E-state index in [1.165, 1.54) is 0 Å². The molecule has 0 unspecified atom stereocenters. The number of carbonyl (C=O) groups is 2. The van der Waals surface area contributed by atoms with Gasteiger partial charge < -0.3 is 15.7 Å². The monoisotopic (exact) mass is 318 g/mol. The van der Waals surface area contributed by atoms with Gasteiger partial charge in [0.1, 0.15) is 0 Å². The third-order valence-corrected chi connectivity index (χ3v) is 4.52. The number of anilines is 2. The van der Waals surface area contributed by atoms with Crippen LogP contribution in [0.25, 0.3) is 0 Å². The zero-order valence-electron chi connectivity index (χ0n) is 13.9. The van der Waals surface area contributed by atoms with Crippen molar-refractivity contribution in [1.82, 2.24) is 0 Å². The van der Waals surface area contributed by atoms with E-state index >= 15 is 0 Å². The van der Waals surface area contributed by atoms with Crippen molar-refractivity contribution < 1.29 is 14.7 Å². The van der Waals surface area contributed by atoms with Gasteiger partial charge in [-0.1, -0.05) is 13.0 Å².